The molecule has 3 fully saturated rings. The fourth-order valence-electron chi connectivity index (χ4n) is 3.50. The lowest BCUT2D eigenvalue weighted by Gasteiger charge is -2.40. The van der Waals surface area contributed by atoms with E-state index >= 15 is 0 Å². The minimum absolute atomic E-state index is 0.407. The van der Waals surface area contributed by atoms with E-state index in [1.165, 1.54) is 38.5 Å². The molecule has 6 heteroatoms. The molecule has 2 atom stereocenters. The molecule has 3 rings (SSSR count). The fourth-order valence-corrected chi connectivity index (χ4v) is 4.83. The van der Waals surface area contributed by atoms with E-state index in [0.717, 1.165) is 44.7 Å². The summed E-state index contributed by atoms with van der Waals surface area (Å²) in [6.07, 6.45) is 0.407. The van der Waals surface area contributed by atoms with Crippen molar-refractivity contribution in [2.24, 2.45) is 0 Å². The zero-order chi connectivity index (χ0) is 14.5. The number of thioether (sulfide) groups is 1. The molecule has 122 valence electrons. The van der Waals surface area contributed by atoms with Gasteiger partial charge in [-0.3, -0.25) is 14.7 Å². The first-order chi connectivity index (χ1) is 10.3. The standard InChI is InChI=1S/C15H30N4OS/c1-14-10-18(6-8-20-14)11-15-12-19(7-9-21-15)13-17-4-2-16-3-5-17/h14-16H,2-13H2,1H3. The molecule has 0 aromatic heterocycles. The molecule has 3 aliphatic heterocycles. The van der Waals surface area contributed by atoms with Crippen molar-refractivity contribution in [3.05, 3.63) is 0 Å². The van der Waals surface area contributed by atoms with Crippen LogP contribution >= 0.6 is 11.8 Å². The highest BCUT2D eigenvalue weighted by atomic mass is 32.2. The van der Waals surface area contributed by atoms with Gasteiger partial charge in [0.15, 0.2) is 0 Å². The number of rotatable bonds is 4. The van der Waals surface area contributed by atoms with Crippen molar-refractivity contribution in [1.82, 2.24) is 20.0 Å². The number of ether oxygens (including phenoxy) is 1. The maximum Gasteiger partial charge on any atom is 0.0674 e. The van der Waals surface area contributed by atoms with Crippen LogP contribution in [0.4, 0.5) is 0 Å². The second-order valence-electron chi connectivity index (χ2n) is 6.52. The van der Waals surface area contributed by atoms with Gasteiger partial charge in [-0.1, -0.05) is 0 Å². The van der Waals surface area contributed by atoms with Gasteiger partial charge in [-0.05, 0) is 6.92 Å². The SMILES string of the molecule is CC1CN(CC2CN(CN3CCNCC3)CCS2)CCO1. The van der Waals surface area contributed by atoms with Crippen molar-refractivity contribution in [2.75, 3.05) is 77.9 Å². The van der Waals surface area contributed by atoms with Gasteiger partial charge in [0, 0.05) is 69.9 Å². The van der Waals surface area contributed by atoms with E-state index in [1.807, 2.05) is 0 Å². The first kappa shape index (κ1) is 16.0. The lowest BCUT2D eigenvalue weighted by Crippen LogP contribution is -2.52. The summed E-state index contributed by atoms with van der Waals surface area (Å²) in [7, 11) is 0. The summed E-state index contributed by atoms with van der Waals surface area (Å²) in [5, 5.41) is 4.21. The first-order valence-corrected chi connectivity index (χ1v) is 9.45. The Morgan fingerprint density at radius 3 is 2.71 bits per heavy atom. The monoisotopic (exact) mass is 314 g/mol. The summed E-state index contributed by atoms with van der Waals surface area (Å²) in [6, 6.07) is 0. The van der Waals surface area contributed by atoms with E-state index in [0.29, 0.717) is 6.10 Å². The van der Waals surface area contributed by atoms with Gasteiger partial charge >= 0.3 is 0 Å². The summed E-state index contributed by atoms with van der Waals surface area (Å²) >= 11 is 2.17. The van der Waals surface area contributed by atoms with E-state index in [4.69, 9.17) is 4.74 Å². The van der Waals surface area contributed by atoms with Crippen LogP contribution in [0.15, 0.2) is 0 Å². The number of hydrogen-bond donors (Lipinski definition) is 1. The van der Waals surface area contributed by atoms with Gasteiger partial charge in [-0.25, -0.2) is 0 Å². The Labute approximate surface area is 133 Å². The third-order valence-corrected chi connectivity index (χ3v) is 5.81. The maximum absolute atomic E-state index is 5.65. The molecule has 3 heterocycles. The molecule has 0 aromatic rings. The topological polar surface area (TPSA) is 31.0 Å². The molecular weight excluding hydrogens is 284 g/mol. The molecule has 3 saturated heterocycles. The van der Waals surface area contributed by atoms with Crippen molar-refractivity contribution >= 4 is 11.8 Å². The Hall–Kier alpha value is 0.150. The smallest absolute Gasteiger partial charge is 0.0674 e. The highest BCUT2D eigenvalue weighted by Crippen LogP contribution is 2.21. The van der Waals surface area contributed by atoms with Crippen molar-refractivity contribution in [1.29, 1.82) is 0 Å². The zero-order valence-electron chi connectivity index (χ0n) is 13.3. The second kappa shape index (κ2) is 8.13. The van der Waals surface area contributed by atoms with Gasteiger partial charge in [0.25, 0.3) is 0 Å². The number of hydrogen-bond acceptors (Lipinski definition) is 6. The van der Waals surface area contributed by atoms with Gasteiger partial charge in [0.2, 0.25) is 0 Å². The summed E-state index contributed by atoms with van der Waals surface area (Å²) in [6.45, 7) is 14.9. The molecule has 0 aliphatic carbocycles. The van der Waals surface area contributed by atoms with Crippen molar-refractivity contribution < 1.29 is 4.74 Å². The summed E-state index contributed by atoms with van der Waals surface area (Å²) < 4.78 is 5.65. The molecule has 0 saturated carbocycles. The zero-order valence-corrected chi connectivity index (χ0v) is 14.1. The van der Waals surface area contributed by atoms with Crippen LogP contribution in [0.1, 0.15) is 6.92 Å². The molecule has 0 spiro atoms. The molecule has 0 radical (unpaired) electrons. The summed E-state index contributed by atoms with van der Waals surface area (Å²) in [4.78, 5) is 7.86. The lowest BCUT2D eigenvalue weighted by atomic mass is 10.2. The average molecular weight is 314 g/mol. The van der Waals surface area contributed by atoms with E-state index in [2.05, 4.69) is 38.7 Å². The van der Waals surface area contributed by atoms with Crippen molar-refractivity contribution in [2.45, 2.75) is 18.3 Å². The van der Waals surface area contributed by atoms with Crippen LogP contribution in [0.5, 0.6) is 0 Å². The Bertz CT molecular complexity index is 314. The molecular formula is C15H30N4OS. The van der Waals surface area contributed by atoms with Gasteiger partial charge in [0.1, 0.15) is 0 Å². The van der Waals surface area contributed by atoms with Gasteiger partial charge < -0.3 is 10.1 Å². The number of nitrogens with one attached hydrogen (secondary N) is 1. The Kier molecular flexibility index (Phi) is 6.20. The molecule has 0 aromatic carbocycles. The minimum atomic E-state index is 0.407. The highest BCUT2D eigenvalue weighted by Gasteiger charge is 2.26. The number of nitrogens with zero attached hydrogens (tertiary/aromatic N) is 3. The number of morpholine rings is 1. The van der Waals surface area contributed by atoms with E-state index in [-0.39, 0.29) is 0 Å². The largest absolute Gasteiger partial charge is 0.376 e. The molecule has 0 amide bonds. The lowest BCUT2D eigenvalue weighted by molar-refractivity contribution is -0.0190. The minimum Gasteiger partial charge on any atom is -0.376 e. The third-order valence-electron chi connectivity index (χ3n) is 4.62. The van der Waals surface area contributed by atoms with Crippen LogP contribution in [-0.4, -0.2) is 104 Å². The van der Waals surface area contributed by atoms with Crippen molar-refractivity contribution in [3.63, 3.8) is 0 Å². The maximum atomic E-state index is 5.65. The molecule has 2 unspecified atom stereocenters. The Morgan fingerprint density at radius 1 is 1.05 bits per heavy atom. The highest BCUT2D eigenvalue weighted by molar-refractivity contribution is 8.00. The molecule has 0 bridgehead atoms. The molecule has 3 aliphatic rings. The normalized spacial score (nSPS) is 34.1. The summed E-state index contributed by atoms with van der Waals surface area (Å²) in [5.41, 5.74) is 0. The molecule has 21 heavy (non-hydrogen) atoms. The van der Waals surface area contributed by atoms with E-state index in [1.54, 1.807) is 0 Å². The van der Waals surface area contributed by atoms with Crippen LogP contribution in [0.3, 0.4) is 0 Å². The van der Waals surface area contributed by atoms with Crippen LogP contribution in [0.2, 0.25) is 0 Å². The molecule has 5 nitrogen and oxygen atoms in total. The summed E-state index contributed by atoms with van der Waals surface area (Å²) in [5.74, 6) is 1.29. The van der Waals surface area contributed by atoms with E-state index in [9.17, 15) is 0 Å². The average Bonchev–Trinajstić information content (AvgIpc) is 2.49. The fraction of sp³-hybridized carbons (Fsp3) is 1.00. The van der Waals surface area contributed by atoms with Gasteiger partial charge in [-0.15, -0.1) is 0 Å². The quantitative estimate of drug-likeness (QED) is 0.785. The van der Waals surface area contributed by atoms with Gasteiger partial charge in [-0.2, -0.15) is 11.8 Å². The molecule has 1 N–H and O–H groups in total. The van der Waals surface area contributed by atoms with Crippen LogP contribution in [-0.2, 0) is 4.74 Å². The van der Waals surface area contributed by atoms with Crippen LogP contribution in [0.25, 0.3) is 0 Å². The predicted molar refractivity (Wildman–Crippen MR) is 89.0 cm³/mol. The van der Waals surface area contributed by atoms with E-state index < -0.39 is 0 Å². The van der Waals surface area contributed by atoms with Crippen LogP contribution < -0.4 is 5.32 Å². The Balaban J connectivity index is 1.42. The third kappa shape index (κ3) is 5.08. The van der Waals surface area contributed by atoms with Crippen LogP contribution in [0, 0.1) is 0 Å². The number of piperazine rings is 1. The van der Waals surface area contributed by atoms with Crippen molar-refractivity contribution in [3.8, 4) is 0 Å². The van der Waals surface area contributed by atoms with Gasteiger partial charge in [0.05, 0.1) is 19.4 Å². The first-order valence-electron chi connectivity index (χ1n) is 8.40. The second-order valence-corrected chi connectivity index (χ2v) is 7.93. The Morgan fingerprint density at radius 2 is 1.90 bits per heavy atom. The predicted octanol–water partition coefficient (Wildman–Crippen LogP) is -0.0128.